The summed E-state index contributed by atoms with van der Waals surface area (Å²) in [5.41, 5.74) is 6.39. The van der Waals surface area contributed by atoms with Crippen LogP contribution in [-0.4, -0.2) is 89.5 Å². The summed E-state index contributed by atoms with van der Waals surface area (Å²) in [6.07, 6.45) is 0.630. The van der Waals surface area contributed by atoms with Crippen molar-refractivity contribution in [3.63, 3.8) is 0 Å². The lowest BCUT2D eigenvalue weighted by atomic mass is 9.87. The average Bonchev–Trinajstić information content (AvgIpc) is 3.12. The van der Waals surface area contributed by atoms with E-state index in [9.17, 15) is 14.4 Å². The van der Waals surface area contributed by atoms with Gasteiger partial charge in [0, 0.05) is 33.2 Å². The van der Waals surface area contributed by atoms with Crippen LogP contribution < -0.4 is 11.1 Å². The van der Waals surface area contributed by atoms with Crippen molar-refractivity contribution < 1.29 is 19.1 Å². The molecule has 2 aromatic carbocycles. The Morgan fingerprint density at radius 2 is 1.65 bits per heavy atom. The van der Waals surface area contributed by atoms with Gasteiger partial charge in [-0.15, -0.1) is 0 Å². The zero-order valence-corrected chi connectivity index (χ0v) is 21.9. The van der Waals surface area contributed by atoms with Gasteiger partial charge >= 0.3 is 6.03 Å². The Bertz CT molecular complexity index is 1100. The van der Waals surface area contributed by atoms with Crippen LogP contribution in [0.15, 0.2) is 60.7 Å². The van der Waals surface area contributed by atoms with Crippen molar-refractivity contribution in [2.24, 2.45) is 5.73 Å². The molecule has 0 saturated carbocycles. The van der Waals surface area contributed by atoms with Crippen molar-refractivity contribution in [2.75, 3.05) is 39.8 Å². The molecule has 9 heteroatoms. The normalized spacial score (nSPS) is 20.5. The van der Waals surface area contributed by atoms with E-state index in [2.05, 4.69) is 5.32 Å². The maximum absolute atomic E-state index is 13.8. The van der Waals surface area contributed by atoms with Gasteiger partial charge in [-0.25, -0.2) is 4.79 Å². The van der Waals surface area contributed by atoms with Crippen LogP contribution in [0.2, 0.25) is 0 Å². The van der Waals surface area contributed by atoms with Crippen molar-refractivity contribution in [1.82, 2.24) is 20.0 Å². The fourth-order valence-corrected chi connectivity index (χ4v) is 5.11. The Labute approximate surface area is 218 Å². The number of nitrogens with two attached hydrogens (primary N) is 1. The maximum atomic E-state index is 13.8. The molecule has 2 aliphatic rings. The summed E-state index contributed by atoms with van der Waals surface area (Å²) >= 11 is 0. The molecular weight excluding hydrogens is 470 g/mol. The molecule has 0 aromatic heterocycles. The number of rotatable bonds is 9. The summed E-state index contributed by atoms with van der Waals surface area (Å²) in [7, 11) is 1.79. The van der Waals surface area contributed by atoms with Crippen molar-refractivity contribution in [1.29, 1.82) is 0 Å². The van der Waals surface area contributed by atoms with Crippen LogP contribution in [0.1, 0.15) is 25.0 Å². The second-order valence-corrected chi connectivity index (χ2v) is 10.7. The van der Waals surface area contributed by atoms with Crippen molar-refractivity contribution >= 4 is 17.8 Å². The van der Waals surface area contributed by atoms with Crippen molar-refractivity contribution in [3.05, 3.63) is 71.8 Å². The summed E-state index contributed by atoms with van der Waals surface area (Å²) in [6, 6.07) is 18.7. The zero-order valence-electron chi connectivity index (χ0n) is 21.9. The first-order chi connectivity index (χ1) is 17.6. The molecule has 2 heterocycles. The van der Waals surface area contributed by atoms with Gasteiger partial charge < -0.3 is 30.5 Å². The highest BCUT2D eigenvalue weighted by Gasteiger charge is 2.52. The van der Waals surface area contributed by atoms with Crippen LogP contribution in [0.25, 0.3) is 0 Å². The second kappa shape index (κ2) is 10.9. The molecule has 0 bridgehead atoms. The SMILES string of the molecule is CN1C[C@]2(Cc3ccccc3)CN(C(=O)[C@@H](COCc3ccccc3)NC(=O)C(C)(C)N)CCN2C1=O. The Morgan fingerprint density at radius 3 is 2.27 bits per heavy atom. The van der Waals surface area contributed by atoms with E-state index in [4.69, 9.17) is 10.5 Å². The number of piperazine rings is 1. The predicted molar refractivity (Wildman–Crippen MR) is 140 cm³/mol. The fourth-order valence-electron chi connectivity index (χ4n) is 5.11. The third-order valence-corrected chi connectivity index (χ3v) is 7.01. The van der Waals surface area contributed by atoms with Gasteiger partial charge in [0.2, 0.25) is 11.8 Å². The van der Waals surface area contributed by atoms with Gasteiger partial charge in [-0.1, -0.05) is 60.7 Å². The minimum atomic E-state index is -1.15. The number of carbonyl (C=O) groups is 3. The highest BCUT2D eigenvalue weighted by atomic mass is 16.5. The van der Waals surface area contributed by atoms with Crippen LogP contribution in [0.5, 0.6) is 0 Å². The van der Waals surface area contributed by atoms with Gasteiger partial charge in [-0.3, -0.25) is 9.59 Å². The molecule has 2 aliphatic heterocycles. The predicted octanol–water partition coefficient (Wildman–Crippen LogP) is 1.62. The molecule has 2 aromatic rings. The first-order valence-electron chi connectivity index (χ1n) is 12.7. The zero-order chi connectivity index (χ0) is 26.6. The lowest BCUT2D eigenvalue weighted by Gasteiger charge is -2.46. The molecule has 4 rings (SSSR count). The summed E-state index contributed by atoms with van der Waals surface area (Å²) in [5.74, 6) is -0.665. The summed E-state index contributed by atoms with van der Waals surface area (Å²) in [5, 5.41) is 2.81. The van der Waals surface area contributed by atoms with E-state index in [0.29, 0.717) is 39.2 Å². The third-order valence-electron chi connectivity index (χ3n) is 7.01. The quantitative estimate of drug-likeness (QED) is 0.536. The van der Waals surface area contributed by atoms with E-state index < -0.39 is 23.0 Å². The summed E-state index contributed by atoms with van der Waals surface area (Å²) in [6.45, 7) is 5.22. The molecule has 4 amide bonds. The van der Waals surface area contributed by atoms with E-state index in [1.54, 1.807) is 30.7 Å². The number of benzene rings is 2. The Kier molecular flexibility index (Phi) is 7.85. The van der Waals surface area contributed by atoms with Crippen LogP contribution in [0.3, 0.4) is 0 Å². The minimum Gasteiger partial charge on any atom is -0.374 e. The van der Waals surface area contributed by atoms with E-state index in [-0.39, 0.29) is 18.5 Å². The Balaban J connectivity index is 1.53. The van der Waals surface area contributed by atoms with Gasteiger partial charge in [-0.05, 0) is 31.4 Å². The van der Waals surface area contributed by atoms with Gasteiger partial charge in [0.25, 0.3) is 0 Å². The number of ether oxygens (including phenoxy) is 1. The van der Waals surface area contributed by atoms with Crippen molar-refractivity contribution in [3.8, 4) is 0 Å². The molecule has 37 heavy (non-hydrogen) atoms. The van der Waals surface area contributed by atoms with E-state index in [1.165, 1.54) is 0 Å². The standard InChI is InChI=1S/C28H37N5O4/c1-27(2,29)25(35)30-23(18-37-17-22-12-8-5-9-13-22)24(34)32-14-15-33-26(36)31(3)19-28(33,20-32)16-21-10-6-4-7-11-21/h4-13,23H,14-20,29H2,1-3H3,(H,30,35)/t23-,28-/m1/s1. The number of likely N-dealkylation sites (N-methyl/N-ethyl adjacent to an activating group) is 1. The fraction of sp³-hybridized carbons (Fsp3) is 0.464. The number of hydrogen-bond donors (Lipinski definition) is 2. The van der Waals surface area contributed by atoms with E-state index in [1.807, 2.05) is 65.6 Å². The monoisotopic (exact) mass is 507 g/mol. The highest BCUT2D eigenvalue weighted by molar-refractivity contribution is 5.92. The molecule has 2 saturated heterocycles. The smallest absolute Gasteiger partial charge is 0.320 e. The number of urea groups is 1. The molecule has 0 spiro atoms. The molecule has 9 nitrogen and oxygen atoms in total. The Morgan fingerprint density at radius 1 is 1.03 bits per heavy atom. The maximum Gasteiger partial charge on any atom is 0.320 e. The first kappa shape index (κ1) is 26.6. The van der Waals surface area contributed by atoms with Gasteiger partial charge in [0.15, 0.2) is 0 Å². The second-order valence-electron chi connectivity index (χ2n) is 10.7. The first-order valence-corrected chi connectivity index (χ1v) is 12.7. The number of carbonyl (C=O) groups excluding carboxylic acids is 3. The largest absolute Gasteiger partial charge is 0.374 e. The molecule has 3 N–H and O–H groups in total. The molecule has 0 radical (unpaired) electrons. The lowest BCUT2D eigenvalue weighted by Crippen LogP contribution is -2.66. The minimum absolute atomic E-state index is 0.0142. The number of amides is 4. The number of nitrogens with one attached hydrogen (secondary N) is 1. The molecule has 2 fully saturated rings. The number of nitrogens with zero attached hydrogens (tertiary/aromatic N) is 3. The molecule has 0 aliphatic carbocycles. The average molecular weight is 508 g/mol. The van der Waals surface area contributed by atoms with Crippen LogP contribution in [0, 0.1) is 0 Å². The summed E-state index contributed by atoms with van der Waals surface area (Å²) < 4.78 is 5.87. The molecule has 198 valence electrons. The highest BCUT2D eigenvalue weighted by Crippen LogP contribution is 2.33. The van der Waals surface area contributed by atoms with Crippen LogP contribution in [0.4, 0.5) is 4.79 Å². The number of fused-ring (bicyclic) bond motifs is 1. The van der Waals surface area contributed by atoms with E-state index in [0.717, 1.165) is 11.1 Å². The third kappa shape index (κ3) is 6.11. The van der Waals surface area contributed by atoms with Gasteiger partial charge in [0.05, 0.1) is 24.3 Å². The van der Waals surface area contributed by atoms with Gasteiger partial charge in [-0.2, -0.15) is 0 Å². The Hall–Kier alpha value is -3.43. The van der Waals surface area contributed by atoms with Crippen molar-refractivity contribution in [2.45, 2.75) is 44.0 Å². The molecule has 2 atom stereocenters. The van der Waals surface area contributed by atoms with Gasteiger partial charge in [0.1, 0.15) is 6.04 Å². The molecular formula is C28H37N5O4. The summed E-state index contributed by atoms with van der Waals surface area (Å²) in [4.78, 5) is 44.9. The lowest BCUT2D eigenvalue weighted by molar-refractivity contribution is -0.142. The topological polar surface area (TPSA) is 108 Å². The van der Waals surface area contributed by atoms with Crippen LogP contribution >= 0.6 is 0 Å². The van der Waals surface area contributed by atoms with E-state index >= 15 is 0 Å². The number of hydrogen-bond acceptors (Lipinski definition) is 5. The van der Waals surface area contributed by atoms with Crippen LogP contribution in [-0.2, 0) is 27.4 Å². The molecule has 0 unspecified atom stereocenters.